The third kappa shape index (κ3) is 4.46. The minimum Gasteiger partial charge on any atom is -0.390 e. The first-order chi connectivity index (χ1) is 8.02. The van der Waals surface area contributed by atoms with Crippen molar-refractivity contribution < 1.29 is 15.0 Å². The molecule has 1 heterocycles. The topological polar surface area (TPSA) is 70.4 Å². The molecule has 1 rings (SSSR count). The van der Waals surface area contributed by atoms with Crippen molar-refractivity contribution in [2.24, 2.45) is 0 Å². The summed E-state index contributed by atoms with van der Waals surface area (Å²) in [4.78, 5) is 14.8. The molecule has 0 fully saturated rings. The molecular weight excluding hydrogens is 238 g/mol. The fourth-order valence-corrected chi connectivity index (χ4v) is 2.14. The highest BCUT2D eigenvalue weighted by Crippen LogP contribution is 2.22. The first-order valence-corrected chi connectivity index (χ1v) is 6.42. The summed E-state index contributed by atoms with van der Waals surface area (Å²) >= 11 is 1.15. The lowest BCUT2D eigenvalue weighted by molar-refractivity contribution is -0.109. The predicted molar refractivity (Wildman–Crippen MR) is 67.7 cm³/mol. The van der Waals surface area contributed by atoms with Crippen molar-refractivity contribution in [2.45, 2.75) is 32.5 Å². The fraction of sp³-hybridized carbons (Fsp3) is 0.500. The zero-order valence-electron chi connectivity index (χ0n) is 9.96. The average Bonchev–Trinajstić information content (AvgIpc) is 2.28. The van der Waals surface area contributed by atoms with Crippen LogP contribution in [0, 0.1) is 6.92 Å². The van der Waals surface area contributed by atoms with Crippen molar-refractivity contribution in [2.75, 3.05) is 5.75 Å². The van der Waals surface area contributed by atoms with Crippen molar-refractivity contribution in [1.29, 1.82) is 0 Å². The Morgan fingerprint density at radius 2 is 2.24 bits per heavy atom. The summed E-state index contributed by atoms with van der Waals surface area (Å²) in [5.74, 6) is 0.507. The van der Waals surface area contributed by atoms with Crippen molar-refractivity contribution in [3.8, 4) is 0 Å². The molecule has 1 aromatic heterocycles. The minimum atomic E-state index is -0.948. The molecule has 0 saturated heterocycles. The zero-order chi connectivity index (χ0) is 12.8. The minimum absolute atomic E-state index is 0.0178. The second-order valence-corrected chi connectivity index (χ2v) is 5.09. The number of hydrogen-bond acceptors (Lipinski definition) is 5. The van der Waals surface area contributed by atoms with E-state index in [1.807, 2.05) is 0 Å². The number of thioether (sulfide) groups is 1. The molecule has 1 aromatic rings. The average molecular weight is 255 g/mol. The summed E-state index contributed by atoms with van der Waals surface area (Å²) < 4.78 is 0. The van der Waals surface area contributed by atoms with Gasteiger partial charge in [0.1, 0.15) is 6.10 Å². The van der Waals surface area contributed by atoms with Crippen LogP contribution < -0.4 is 0 Å². The molecule has 17 heavy (non-hydrogen) atoms. The summed E-state index contributed by atoms with van der Waals surface area (Å²) in [7, 11) is 0. The number of hydrogen-bond donors (Lipinski definition) is 2. The van der Waals surface area contributed by atoms with Crippen molar-refractivity contribution >= 4 is 16.9 Å². The quantitative estimate of drug-likeness (QED) is 0.833. The van der Waals surface area contributed by atoms with E-state index < -0.39 is 12.2 Å². The van der Waals surface area contributed by atoms with E-state index in [0.29, 0.717) is 23.4 Å². The van der Waals surface area contributed by atoms with Gasteiger partial charge in [0.25, 0.3) is 0 Å². The van der Waals surface area contributed by atoms with E-state index in [-0.39, 0.29) is 5.12 Å². The summed E-state index contributed by atoms with van der Waals surface area (Å²) in [5, 5.41) is 19.8. The number of pyridine rings is 1. The molecule has 0 radical (unpaired) electrons. The van der Waals surface area contributed by atoms with Crippen LogP contribution in [0.4, 0.5) is 0 Å². The molecule has 0 spiro atoms. The Hall–Kier alpha value is -0.910. The standard InChI is InChI=1S/C12H17NO3S/c1-8-10(4-3-6-13-8)12(16)11(15)5-7-17-9(2)14/h3-4,6,11-12,15-16H,5,7H2,1-2H3. The van der Waals surface area contributed by atoms with Crippen LogP contribution in [0.3, 0.4) is 0 Å². The Balaban J connectivity index is 2.55. The van der Waals surface area contributed by atoms with Crippen molar-refractivity contribution in [3.05, 3.63) is 29.6 Å². The van der Waals surface area contributed by atoms with Gasteiger partial charge >= 0.3 is 0 Å². The Morgan fingerprint density at radius 3 is 2.82 bits per heavy atom. The van der Waals surface area contributed by atoms with Gasteiger partial charge in [0.2, 0.25) is 0 Å². The van der Waals surface area contributed by atoms with Gasteiger partial charge in [-0.1, -0.05) is 17.8 Å². The molecule has 2 atom stereocenters. The van der Waals surface area contributed by atoms with Crippen LogP contribution in [-0.2, 0) is 4.79 Å². The maximum Gasteiger partial charge on any atom is 0.185 e. The number of aliphatic hydroxyl groups is 2. The summed E-state index contributed by atoms with van der Waals surface area (Å²) in [6.07, 6.45) is 0.199. The lowest BCUT2D eigenvalue weighted by atomic mass is 10.0. The lowest BCUT2D eigenvalue weighted by Crippen LogP contribution is -2.20. The first kappa shape index (κ1) is 14.2. The van der Waals surface area contributed by atoms with E-state index in [1.54, 1.807) is 25.3 Å². The maximum atomic E-state index is 10.7. The number of rotatable bonds is 5. The Labute approximate surface area is 105 Å². The molecule has 5 heteroatoms. The molecule has 0 amide bonds. The number of aliphatic hydroxyl groups excluding tert-OH is 2. The van der Waals surface area contributed by atoms with E-state index in [4.69, 9.17) is 0 Å². The monoisotopic (exact) mass is 255 g/mol. The smallest absolute Gasteiger partial charge is 0.185 e. The fourth-order valence-electron chi connectivity index (χ4n) is 1.50. The molecule has 0 saturated carbocycles. The Kier molecular flexibility index (Phi) is 5.61. The highest BCUT2D eigenvalue weighted by atomic mass is 32.2. The predicted octanol–water partition coefficient (Wildman–Crippen LogP) is 1.45. The van der Waals surface area contributed by atoms with Crippen molar-refractivity contribution in [3.63, 3.8) is 0 Å². The lowest BCUT2D eigenvalue weighted by Gasteiger charge is -2.18. The van der Waals surface area contributed by atoms with Crippen molar-refractivity contribution in [1.82, 2.24) is 4.98 Å². The highest BCUT2D eigenvalue weighted by Gasteiger charge is 2.20. The van der Waals surface area contributed by atoms with Gasteiger partial charge < -0.3 is 10.2 Å². The van der Waals surface area contributed by atoms with Gasteiger partial charge in [0.15, 0.2) is 5.12 Å². The number of nitrogens with zero attached hydrogens (tertiary/aromatic N) is 1. The molecule has 0 aliphatic rings. The Bertz CT molecular complexity index is 384. The molecule has 0 aromatic carbocycles. The molecule has 94 valence electrons. The molecule has 2 N–H and O–H groups in total. The van der Waals surface area contributed by atoms with E-state index in [0.717, 1.165) is 11.8 Å². The molecule has 0 aliphatic carbocycles. The third-order valence-corrected chi connectivity index (χ3v) is 3.30. The van der Waals surface area contributed by atoms with Crippen LogP contribution in [0.1, 0.15) is 30.7 Å². The molecule has 0 bridgehead atoms. The van der Waals surface area contributed by atoms with E-state index in [9.17, 15) is 15.0 Å². The van der Waals surface area contributed by atoms with Gasteiger partial charge in [-0.2, -0.15) is 0 Å². The van der Waals surface area contributed by atoms with Crippen LogP contribution >= 0.6 is 11.8 Å². The van der Waals surface area contributed by atoms with Gasteiger partial charge in [0.05, 0.1) is 6.10 Å². The van der Waals surface area contributed by atoms with Gasteiger partial charge in [-0.15, -0.1) is 0 Å². The van der Waals surface area contributed by atoms with Crippen LogP contribution in [0.2, 0.25) is 0 Å². The molecule has 4 nitrogen and oxygen atoms in total. The largest absolute Gasteiger partial charge is 0.390 e. The SMILES string of the molecule is CC(=O)SCCC(O)C(O)c1cccnc1C. The van der Waals surface area contributed by atoms with Crippen LogP contribution in [0.25, 0.3) is 0 Å². The molecule has 0 aliphatic heterocycles. The van der Waals surface area contributed by atoms with Crippen LogP contribution in [0.15, 0.2) is 18.3 Å². The summed E-state index contributed by atoms with van der Waals surface area (Å²) in [6.45, 7) is 3.27. The van der Waals surface area contributed by atoms with E-state index >= 15 is 0 Å². The third-order valence-electron chi connectivity index (χ3n) is 2.45. The number of aromatic nitrogens is 1. The maximum absolute atomic E-state index is 10.7. The number of aryl methyl sites for hydroxylation is 1. The summed E-state index contributed by atoms with van der Waals surface area (Å²) in [6, 6.07) is 3.47. The van der Waals surface area contributed by atoms with Gasteiger partial charge in [-0.25, -0.2) is 0 Å². The highest BCUT2D eigenvalue weighted by molar-refractivity contribution is 8.13. The van der Waals surface area contributed by atoms with Gasteiger partial charge in [-0.3, -0.25) is 9.78 Å². The summed E-state index contributed by atoms with van der Waals surface area (Å²) in [5.41, 5.74) is 1.34. The van der Waals surface area contributed by atoms with E-state index in [1.165, 1.54) is 6.92 Å². The van der Waals surface area contributed by atoms with Gasteiger partial charge in [-0.05, 0) is 19.4 Å². The van der Waals surface area contributed by atoms with E-state index in [2.05, 4.69) is 4.98 Å². The normalized spacial score (nSPS) is 14.4. The second-order valence-electron chi connectivity index (χ2n) is 3.82. The number of carbonyl (C=O) groups is 1. The van der Waals surface area contributed by atoms with Crippen LogP contribution in [0.5, 0.6) is 0 Å². The second kappa shape index (κ2) is 6.74. The van der Waals surface area contributed by atoms with Gasteiger partial charge in [0, 0.05) is 30.1 Å². The zero-order valence-corrected chi connectivity index (χ0v) is 10.8. The number of carbonyl (C=O) groups excluding carboxylic acids is 1. The molecular formula is C12H17NO3S. The Morgan fingerprint density at radius 1 is 1.53 bits per heavy atom. The molecule has 2 unspecified atom stereocenters. The first-order valence-electron chi connectivity index (χ1n) is 5.43. The van der Waals surface area contributed by atoms with Crippen LogP contribution in [-0.4, -0.2) is 32.2 Å².